The van der Waals surface area contributed by atoms with Crippen LogP contribution in [0.3, 0.4) is 0 Å². The van der Waals surface area contributed by atoms with E-state index in [1.165, 1.54) is 0 Å². The van der Waals surface area contributed by atoms with Gasteiger partial charge in [-0.2, -0.15) is 0 Å². The summed E-state index contributed by atoms with van der Waals surface area (Å²) < 4.78 is 11.1. The van der Waals surface area contributed by atoms with Crippen molar-refractivity contribution in [3.8, 4) is 10.8 Å². The molecule has 0 unspecified atom stereocenters. The van der Waals surface area contributed by atoms with Crippen LogP contribution in [0.2, 0.25) is 0 Å². The molecule has 1 aliphatic rings. The number of aromatic nitrogens is 3. The molecule has 0 saturated heterocycles. The molecular formula is C20H24N4O3S. The molecular weight excluding hydrogens is 376 g/mol. The van der Waals surface area contributed by atoms with Gasteiger partial charge in [-0.15, -0.1) is 21.5 Å². The van der Waals surface area contributed by atoms with Gasteiger partial charge in [0.15, 0.2) is 5.69 Å². The van der Waals surface area contributed by atoms with Crippen molar-refractivity contribution < 1.29 is 13.7 Å². The van der Waals surface area contributed by atoms with Crippen LogP contribution in [0.25, 0.3) is 10.8 Å². The second kappa shape index (κ2) is 8.68. The standard InChI is InChI=1S/C20H24N4O3S/c1-2-4-15-11-16(24-27-15)18(25)21-12-13-6-8-14(9-7-13)19-22-23-20(26-19)17-5-3-10-28-17/h3,5,10-11,13-14H,2,4,6-9,12H2,1H3,(H,21,25). The van der Waals surface area contributed by atoms with Crippen LogP contribution in [-0.4, -0.2) is 27.8 Å². The van der Waals surface area contributed by atoms with Crippen molar-refractivity contribution >= 4 is 17.2 Å². The molecule has 1 amide bonds. The number of aryl methyl sites for hydroxylation is 1. The fraction of sp³-hybridized carbons (Fsp3) is 0.500. The average Bonchev–Trinajstić information content (AvgIpc) is 3.47. The quantitative estimate of drug-likeness (QED) is 0.630. The maximum absolute atomic E-state index is 12.2. The van der Waals surface area contributed by atoms with Crippen LogP contribution in [0.4, 0.5) is 0 Å². The van der Waals surface area contributed by atoms with Gasteiger partial charge in [-0.1, -0.05) is 18.1 Å². The molecule has 0 aliphatic heterocycles. The predicted molar refractivity (Wildman–Crippen MR) is 105 cm³/mol. The zero-order valence-corrected chi connectivity index (χ0v) is 16.7. The Balaban J connectivity index is 1.24. The van der Waals surface area contributed by atoms with Crippen molar-refractivity contribution in [3.05, 3.63) is 40.9 Å². The molecule has 0 bridgehead atoms. The highest BCUT2D eigenvalue weighted by Crippen LogP contribution is 2.36. The molecule has 3 heterocycles. The van der Waals surface area contributed by atoms with E-state index in [1.807, 2.05) is 17.5 Å². The summed E-state index contributed by atoms with van der Waals surface area (Å²) in [4.78, 5) is 13.2. The predicted octanol–water partition coefficient (Wildman–Crippen LogP) is 4.44. The highest BCUT2D eigenvalue weighted by molar-refractivity contribution is 7.13. The number of thiophene rings is 1. The Bertz CT molecular complexity index is 894. The van der Waals surface area contributed by atoms with Gasteiger partial charge in [-0.3, -0.25) is 4.79 Å². The van der Waals surface area contributed by atoms with E-state index < -0.39 is 0 Å². The van der Waals surface area contributed by atoms with Gasteiger partial charge >= 0.3 is 0 Å². The molecule has 1 N–H and O–H groups in total. The SMILES string of the molecule is CCCc1cc(C(=O)NCC2CCC(c3nnc(-c4cccs4)o3)CC2)no1. The summed E-state index contributed by atoms with van der Waals surface area (Å²) in [6, 6.07) is 5.70. The van der Waals surface area contributed by atoms with Gasteiger partial charge < -0.3 is 14.3 Å². The van der Waals surface area contributed by atoms with Gasteiger partial charge in [0.25, 0.3) is 11.8 Å². The maximum atomic E-state index is 12.2. The third-order valence-electron chi connectivity index (χ3n) is 5.21. The topological polar surface area (TPSA) is 94.1 Å². The third kappa shape index (κ3) is 4.32. The fourth-order valence-electron chi connectivity index (χ4n) is 3.62. The number of hydrogen-bond donors (Lipinski definition) is 1. The van der Waals surface area contributed by atoms with E-state index in [0.29, 0.717) is 30.0 Å². The Labute approximate surface area is 167 Å². The zero-order chi connectivity index (χ0) is 19.3. The maximum Gasteiger partial charge on any atom is 0.273 e. The lowest BCUT2D eigenvalue weighted by atomic mass is 9.82. The van der Waals surface area contributed by atoms with Crippen molar-refractivity contribution in [1.82, 2.24) is 20.7 Å². The first-order valence-electron chi connectivity index (χ1n) is 9.84. The highest BCUT2D eigenvalue weighted by atomic mass is 32.1. The molecule has 3 aromatic rings. The summed E-state index contributed by atoms with van der Waals surface area (Å²) >= 11 is 1.60. The second-order valence-corrected chi connectivity index (χ2v) is 8.23. The van der Waals surface area contributed by atoms with Crippen LogP contribution in [0.5, 0.6) is 0 Å². The van der Waals surface area contributed by atoms with Gasteiger partial charge in [-0.05, 0) is 49.5 Å². The van der Waals surface area contributed by atoms with Crippen LogP contribution < -0.4 is 5.32 Å². The largest absolute Gasteiger partial charge is 0.420 e. The van der Waals surface area contributed by atoms with Crippen LogP contribution >= 0.6 is 11.3 Å². The van der Waals surface area contributed by atoms with Crippen molar-refractivity contribution in [2.24, 2.45) is 5.92 Å². The third-order valence-corrected chi connectivity index (χ3v) is 6.07. The lowest BCUT2D eigenvalue weighted by Crippen LogP contribution is -2.31. The molecule has 3 aromatic heterocycles. The minimum atomic E-state index is -0.161. The summed E-state index contributed by atoms with van der Waals surface area (Å²) in [5, 5.41) is 17.3. The first-order chi connectivity index (χ1) is 13.7. The zero-order valence-electron chi connectivity index (χ0n) is 15.9. The number of nitrogens with one attached hydrogen (secondary N) is 1. The van der Waals surface area contributed by atoms with Crippen LogP contribution in [0.15, 0.2) is 32.5 Å². The van der Waals surface area contributed by atoms with E-state index in [2.05, 4.69) is 27.6 Å². The Morgan fingerprint density at radius 1 is 1.29 bits per heavy atom. The van der Waals surface area contributed by atoms with E-state index in [1.54, 1.807) is 17.4 Å². The number of amides is 1. The molecule has 1 aliphatic carbocycles. The molecule has 1 saturated carbocycles. The van der Waals surface area contributed by atoms with Gasteiger partial charge in [0.2, 0.25) is 5.89 Å². The van der Waals surface area contributed by atoms with E-state index in [0.717, 1.165) is 55.1 Å². The molecule has 7 nitrogen and oxygen atoms in total. The molecule has 1 fully saturated rings. The van der Waals surface area contributed by atoms with Crippen molar-refractivity contribution in [1.29, 1.82) is 0 Å². The lowest BCUT2D eigenvalue weighted by molar-refractivity contribution is 0.0933. The summed E-state index contributed by atoms with van der Waals surface area (Å²) in [6.45, 7) is 2.72. The highest BCUT2D eigenvalue weighted by Gasteiger charge is 2.27. The Morgan fingerprint density at radius 3 is 2.89 bits per heavy atom. The number of rotatable bonds is 7. The molecule has 4 rings (SSSR count). The molecule has 0 atom stereocenters. The molecule has 28 heavy (non-hydrogen) atoms. The molecule has 8 heteroatoms. The normalized spacial score (nSPS) is 19.6. The number of carbonyl (C=O) groups excluding carboxylic acids is 1. The van der Waals surface area contributed by atoms with E-state index in [9.17, 15) is 4.79 Å². The second-order valence-electron chi connectivity index (χ2n) is 7.28. The summed E-state index contributed by atoms with van der Waals surface area (Å²) in [5.41, 5.74) is 0.365. The van der Waals surface area contributed by atoms with E-state index in [4.69, 9.17) is 8.94 Å². The van der Waals surface area contributed by atoms with Crippen LogP contribution in [-0.2, 0) is 6.42 Å². The Hall–Kier alpha value is -2.48. The summed E-state index contributed by atoms with van der Waals surface area (Å²) in [7, 11) is 0. The lowest BCUT2D eigenvalue weighted by Gasteiger charge is -2.26. The average molecular weight is 401 g/mol. The first kappa shape index (κ1) is 18.9. The van der Waals surface area contributed by atoms with Crippen LogP contribution in [0.1, 0.15) is 67.1 Å². The van der Waals surface area contributed by atoms with Crippen molar-refractivity contribution in [2.45, 2.75) is 51.4 Å². The smallest absolute Gasteiger partial charge is 0.273 e. The van der Waals surface area contributed by atoms with Gasteiger partial charge in [0, 0.05) is 24.9 Å². The molecule has 0 spiro atoms. The minimum Gasteiger partial charge on any atom is -0.420 e. The monoisotopic (exact) mass is 400 g/mol. The van der Waals surface area contributed by atoms with Gasteiger partial charge in [0.1, 0.15) is 5.76 Å². The Kier molecular flexibility index (Phi) is 5.85. The van der Waals surface area contributed by atoms with Crippen molar-refractivity contribution in [3.63, 3.8) is 0 Å². The number of hydrogen-bond acceptors (Lipinski definition) is 7. The first-order valence-corrected chi connectivity index (χ1v) is 10.7. The minimum absolute atomic E-state index is 0.161. The fourth-order valence-corrected chi connectivity index (χ4v) is 4.27. The molecule has 0 radical (unpaired) electrons. The number of nitrogens with zero attached hydrogens (tertiary/aromatic N) is 3. The summed E-state index contributed by atoms with van der Waals surface area (Å²) in [6.07, 6.45) is 5.82. The van der Waals surface area contributed by atoms with Crippen molar-refractivity contribution in [2.75, 3.05) is 6.54 Å². The van der Waals surface area contributed by atoms with Gasteiger partial charge in [0.05, 0.1) is 4.88 Å². The Morgan fingerprint density at radius 2 is 2.14 bits per heavy atom. The summed E-state index contributed by atoms with van der Waals surface area (Å²) in [5.74, 6) is 2.70. The van der Waals surface area contributed by atoms with E-state index in [-0.39, 0.29) is 5.91 Å². The number of carbonyl (C=O) groups is 1. The van der Waals surface area contributed by atoms with Gasteiger partial charge in [-0.25, -0.2) is 0 Å². The van der Waals surface area contributed by atoms with Crippen LogP contribution in [0, 0.1) is 5.92 Å². The van der Waals surface area contributed by atoms with E-state index >= 15 is 0 Å². The molecule has 148 valence electrons. The molecule has 0 aromatic carbocycles.